The first kappa shape index (κ1) is 24.4. The van der Waals surface area contributed by atoms with Crippen molar-refractivity contribution in [3.63, 3.8) is 0 Å². The van der Waals surface area contributed by atoms with E-state index in [0.29, 0.717) is 29.0 Å². The van der Waals surface area contributed by atoms with Crippen LogP contribution in [0.15, 0.2) is 59.5 Å². The third kappa shape index (κ3) is 5.18. The lowest BCUT2D eigenvalue weighted by atomic mass is 9.84. The van der Waals surface area contributed by atoms with Gasteiger partial charge in [0.2, 0.25) is 0 Å². The van der Waals surface area contributed by atoms with Crippen LogP contribution in [0.4, 0.5) is 4.39 Å². The van der Waals surface area contributed by atoms with Crippen molar-refractivity contribution in [3.05, 3.63) is 82.7 Å². The van der Waals surface area contributed by atoms with E-state index in [4.69, 9.17) is 13.7 Å². The molecular weight excluding hydrogens is 449 g/mol. The van der Waals surface area contributed by atoms with E-state index < -0.39 is 0 Å². The van der Waals surface area contributed by atoms with Gasteiger partial charge in [0.1, 0.15) is 11.6 Å². The molecule has 0 fully saturated rings. The Bertz CT molecular complexity index is 1140. The van der Waals surface area contributed by atoms with Gasteiger partial charge in [-0.15, -0.1) is 0 Å². The molecule has 2 aliphatic heterocycles. The summed E-state index contributed by atoms with van der Waals surface area (Å²) in [6.45, 7) is 8.64. The first-order valence-corrected chi connectivity index (χ1v) is 12.7. The Morgan fingerprint density at radius 1 is 1.00 bits per heavy atom. The average molecular weight is 482 g/mol. The number of fused-ring (bicyclic) bond motifs is 4. The van der Waals surface area contributed by atoms with E-state index in [1.54, 1.807) is 13.2 Å². The van der Waals surface area contributed by atoms with Crippen molar-refractivity contribution in [2.45, 2.75) is 51.1 Å². The third-order valence-corrected chi connectivity index (χ3v) is 6.90. The van der Waals surface area contributed by atoms with Crippen LogP contribution in [0.1, 0.15) is 49.1 Å². The molecular formula is C28H32FNO3S. The van der Waals surface area contributed by atoms with Crippen LogP contribution in [-0.4, -0.2) is 25.2 Å². The van der Waals surface area contributed by atoms with E-state index in [1.165, 1.54) is 34.4 Å². The summed E-state index contributed by atoms with van der Waals surface area (Å²) in [7, 11) is 1.66. The van der Waals surface area contributed by atoms with Crippen molar-refractivity contribution in [1.82, 2.24) is 4.90 Å². The van der Waals surface area contributed by atoms with Crippen molar-refractivity contribution in [2.24, 2.45) is 0 Å². The van der Waals surface area contributed by atoms with E-state index in [2.05, 4.69) is 35.2 Å². The molecule has 3 aromatic rings. The lowest BCUT2D eigenvalue weighted by molar-refractivity contribution is 0.160. The topological polar surface area (TPSA) is 30.9 Å². The lowest BCUT2D eigenvalue weighted by Crippen LogP contribution is -2.39. The highest BCUT2D eigenvalue weighted by molar-refractivity contribution is 7.95. The van der Waals surface area contributed by atoms with E-state index in [9.17, 15) is 4.39 Å². The van der Waals surface area contributed by atoms with Gasteiger partial charge in [0, 0.05) is 19.1 Å². The quantitative estimate of drug-likeness (QED) is 0.354. The average Bonchev–Trinajstić information content (AvgIpc) is 2.87. The minimum absolute atomic E-state index is 0.277. The van der Waals surface area contributed by atoms with Crippen molar-refractivity contribution >= 4 is 12.0 Å². The maximum Gasteiger partial charge on any atom is 0.179 e. The molecule has 0 bridgehead atoms. The molecule has 0 radical (unpaired) electrons. The highest BCUT2D eigenvalue weighted by Crippen LogP contribution is 2.44. The Balaban J connectivity index is 0.00000133. The second kappa shape index (κ2) is 11.2. The molecule has 5 rings (SSSR count). The number of halogens is 1. The Morgan fingerprint density at radius 2 is 1.85 bits per heavy atom. The molecule has 0 saturated heterocycles. The smallest absolute Gasteiger partial charge is 0.179 e. The Kier molecular flexibility index (Phi) is 8.01. The van der Waals surface area contributed by atoms with Gasteiger partial charge in [-0.25, -0.2) is 4.39 Å². The highest BCUT2D eigenvalue weighted by atomic mass is 32.2. The summed E-state index contributed by atoms with van der Waals surface area (Å²) >= 11 is 1.14. The number of benzene rings is 3. The van der Waals surface area contributed by atoms with Crippen molar-refractivity contribution in [3.8, 4) is 17.2 Å². The standard InChI is InChI=1S/C26H26FNO3S.C2H6/c1-3-30-21-8-7-18-16-28-10-9-17-13-26(31-32-22-6-4-5-20(27)14-22)25(29-2)15-23(17)24(28)12-19(18)11-21;1-2/h4-8,11,13-15,24H,3,9-10,12,16H2,1-2H3;1-2H3. The van der Waals surface area contributed by atoms with Gasteiger partial charge in [-0.1, -0.05) is 26.0 Å². The van der Waals surface area contributed by atoms with E-state index in [-0.39, 0.29) is 5.82 Å². The summed E-state index contributed by atoms with van der Waals surface area (Å²) in [4.78, 5) is 3.26. The number of hydrogen-bond donors (Lipinski definition) is 0. The summed E-state index contributed by atoms with van der Waals surface area (Å²) in [6, 6.07) is 17.4. The molecule has 34 heavy (non-hydrogen) atoms. The van der Waals surface area contributed by atoms with Crippen LogP contribution in [0.3, 0.4) is 0 Å². The third-order valence-electron chi connectivity index (χ3n) is 6.19. The maximum atomic E-state index is 13.5. The summed E-state index contributed by atoms with van der Waals surface area (Å²) in [5, 5.41) is 0. The molecule has 1 atom stereocenters. The monoisotopic (exact) mass is 481 g/mol. The van der Waals surface area contributed by atoms with Gasteiger partial charge in [-0.3, -0.25) is 4.90 Å². The second-order valence-electron chi connectivity index (χ2n) is 8.13. The number of nitrogens with zero attached hydrogens (tertiary/aromatic N) is 1. The Hall–Kier alpha value is -2.70. The van der Waals surface area contributed by atoms with E-state index in [1.807, 2.05) is 26.8 Å². The van der Waals surface area contributed by atoms with Gasteiger partial charge < -0.3 is 13.7 Å². The van der Waals surface area contributed by atoms with Crippen LogP contribution in [0.5, 0.6) is 17.2 Å². The normalized spacial score (nSPS) is 16.3. The van der Waals surface area contributed by atoms with Crippen LogP contribution in [0.2, 0.25) is 0 Å². The van der Waals surface area contributed by atoms with Gasteiger partial charge in [0.25, 0.3) is 0 Å². The Morgan fingerprint density at radius 3 is 2.62 bits per heavy atom. The fraction of sp³-hybridized carbons (Fsp3) is 0.357. The van der Waals surface area contributed by atoms with Gasteiger partial charge in [0.15, 0.2) is 11.5 Å². The molecule has 0 saturated carbocycles. The predicted molar refractivity (Wildman–Crippen MR) is 135 cm³/mol. The van der Waals surface area contributed by atoms with E-state index in [0.717, 1.165) is 43.7 Å². The number of methoxy groups -OCH3 is 1. The predicted octanol–water partition coefficient (Wildman–Crippen LogP) is 7.00. The molecule has 0 N–H and O–H groups in total. The fourth-order valence-corrected chi connectivity index (χ4v) is 5.27. The molecule has 0 amide bonds. The fourth-order valence-electron chi connectivity index (χ4n) is 4.66. The molecule has 2 aliphatic rings. The first-order valence-electron chi connectivity index (χ1n) is 11.9. The van der Waals surface area contributed by atoms with Gasteiger partial charge >= 0.3 is 0 Å². The lowest BCUT2D eigenvalue weighted by Gasteiger charge is -2.41. The first-order chi connectivity index (χ1) is 16.6. The number of rotatable bonds is 6. The highest BCUT2D eigenvalue weighted by Gasteiger charge is 2.33. The van der Waals surface area contributed by atoms with Crippen molar-refractivity contribution in [1.29, 1.82) is 0 Å². The van der Waals surface area contributed by atoms with Crippen LogP contribution < -0.4 is 13.7 Å². The molecule has 0 aromatic heterocycles. The van der Waals surface area contributed by atoms with Crippen LogP contribution >= 0.6 is 12.0 Å². The molecule has 6 heteroatoms. The van der Waals surface area contributed by atoms with Gasteiger partial charge in [-0.05, 0) is 84.5 Å². The van der Waals surface area contributed by atoms with Crippen LogP contribution in [-0.2, 0) is 19.4 Å². The van der Waals surface area contributed by atoms with E-state index >= 15 is 0 Å². The molecule has 3 aromatic carbocycles. The Labute approximate surface area is 206 Å². The van der Waals surface area contributed by atoms with Gasteiger partial charge in [0.05, 0.1) is 30.7 Å². The van der Waals surface area contributed by atoms with Crippen molar-refractivity contribution in [2.75, 3.05) is 20.3 Å². The molecule has 2 heterocycles. The SMILES string of the molecule is CC.CCOc1ccc2c(c1)CC1c3cc(OC)c(OSc4cccc(F)c4)cc3CCN1C2. The molecule has 0 aliphatic carbocycles. The summed E-state index contributed by atoms with van der Waals surface area (Å²) in [5.41, 5.74) is 5.31. The summed E-state index contributed by atoms with van der Waals surface area (Å²) in [6.07, 6.45) is 1.91. The molecule has 180 valence electrons. The largest absolute Gasteiger partial charge is 0.494 e. The summed E-state index contributed by atoms with van der Waals surface area (Å²) in [5.74, 6) is 2.03. The zero-order chi connectivity index (χ0) is 24.1. The second-order valence-corrected chi connectivity index (χ2v) is 8.93. The maximum absolute atomic E-state index is 13.5. The zero-order valence-electron chi connectivity index (χ0n) is 20.3. The number of hydrogen-bond acceptors (Lipinski definition) is 5. The van der Waals surface area contributed by atoms with Gasteiger partial charge in [-0.2, -0.15) is 0 Å². The zero-order valence-corrected chi connectivity index (χ0v) is 21.1. The molecule has 4 nitrogen and oxygen atoms in total. The van der Waals surface area contributed by atoms with Crippen LogP contribution in [0, 0.1) is 5.82 Å². The summed E-state index contributed by atoms with van der Waals surface area (Å²) < 4.78 is 30.9. The minimum Gasteiger partial charge on any atom is -0.494 e. The number of ether oxygens (including phenoxy) is 2. The molecule has 1 unspecified atom stereocenters. The van der Waals surface area contributed by atoms with Crippen LogP contribution in [0.25, 0.3) is 0 Å². The van der Waals surface area contributed by atoms with Crippen molar-refractivity contribution < 1.29 is 18.0 Å². The minimum atomic E-state index is -0.277. The molecule has 0 spiro atoms.